The van der Waals surface area contributed by atoms with E-state index in [9.17, 15) is 8.42 Å². The lowest BCUT2D eigenvalue weighted by Crippen LogP contribution is -2.41. The van der Waals surface area contributed by atoms with Crippen molar-refractivity contribution in [3.63, 3.8) is 0 Å². The minimum absolute atomic E-state index is 0.134. The lowest BCUT2D eigenvalue weighted by molar-refractivity contribution is 0.249. The van der Waals surface area contributed by atoms with E-state index in [1.165, 1.54) is 4.31 Å². The summed E-state index contributed by atoms with van der Waals surface area (Å²) in [6, 6.07) is 3.66. The van der Waals surface area contributed by atoms with E-state index >= 15 is 0 Å². The minimum Gasteiger partial charge on any atom is -0.398 e. The third-order valence-corrected chi connectivity index (χ3v) is 6.05. The van der Waals surface area contributed by atoms with Crippen molar-refractivity contribution in [3.05, 3.63) is 23.3 Å². The molecule has 0 heterocycles. The molecular weight excluding hydrogens is 248 g/mol. The second-order valence-corrected chi connectivity index (χ2v) is 6.97. The van der Waals surface area contributed by atoms with Gasteiger partial charge >= 0.3 is 0 Å². The molecular formula is C13H20N2O2S. The second kappa shape index (κ2) is 4.55. The van der Waals surface area contributed by atoms with E-state index in [1.807, 2.05) is 19.9 Å². The van der Waals surface area contributed by atoms with Gasteiger partial charge in [0.25, 0.3) is 0 Å². The fourth-order valence-electron chi connectivity index (χ4n) is 2.24. The molecule has 0 aliphatic heterocycles. The fourth-order valence-corrected chi connectivity index (χ4v) is 4.05. The molecule has 2 rings (SSSR count). The highest BCUT2D eigenvalue weighted by Crippen LogP contribution is 2.32. The molecule has 2 N–H and O–H groups in total. The maximum Gasteiger partial charge on any atom is 0.245 e. The van der Waals surface area contributed by atoms with Crippen molar-refractivity contribution in [1.29, 1.82) is 0 Å². The van der Waals surface area contributed by atoms with Crippen LogP contribution in [0.4, 0.5) is 5.69 Å². The SMILES string of the molecule is Cc1ccc(N)c(S(=O)(=O)N(C)C2CCC2)c1C. The van der Waals surface area contributed by atoms with Crippen LogP contribution in [0.1, 0.15) is 30.4 Å². The van der Waals surface area contributed by atoms with E-state index in [0.29, 0.717) is 5.69 Å². The summed E-state index contributed by atoms with van der Waals surface area (Å²) in [6.45, 7) is 3.71. The summed E-state index contributed by atoms with van der Waals surface area (Å²) in [7, 11) is -1.82. The zero-order valence-corrected chi connectivity index (χ0v) is 11.9. The highest BCUT2D eigenvalue weighted by atomic mass is 32.2. The van der Waals surface area contributed by atoms with E-state index in [0.717, 1.165) is 30.4 Å². The molecule has 1 aliphatic carbocycles. The van der Waals surface area contributed by atoms with E-state index in [-0.39, 0.29) is 10.9 Å². The molecule has 0 spiro atoms. The van der Waals surface area contributed by atoms with E-state index in [4.69, 9.17) is 5.73 Å². The van der Waals surface area contributed by atoms with Crippen LogP contribution in [0.15, 0.2) is 17.0 Å². The zero-order valence-electron chi connectivity index (χ0n) is 11.1. The Morgan fingerprint density at radius 2 is 1.89 bits per heavy atom. The highest BCUT2D eigenvalue weighted by Gasteiger charge is 2.33. The van der Waals surface area contributed by atoms with Crippen LogP contribution in [0.2, 0.25) is 0 Å². The maximum absolute atomic E-state index is 12.6. The largest absolute Gasteiger partial charge is 0.398 e. The molecule has 1 fully saturated rings. The van der Waals surface area contributed by atoms with Crippen LogP contribution in [-0.4, -0.2) is 25.8 Å². The number of benzene rings is 1. The first-order valence-corrected chi connectivity index (χ1v) is 7.63. The molecule has 100 valence electrons. The maximum atomic E-state index is 12.6. The summed E-state index contributed by atoms with van der Waals surface area (Å²) in [5.41, 5.74) is 7.91. The van der Waals surface area contributed by atoms with Gasteiger partial charge in [0.2, 0.25) is 10.0 Å². The first kappa shape index (κ1) is 13.4. The van der Waals surface area contributed by atoms with Gasteiger partial charge in [-0.25, -0.2) is 8.42 Å². The predicted molar refractivity (Wildman–Crippen MR) is 72.9 cm³/mol. The van der Waals surface area contributed by atoms with Gasteiger partial charge in [0.1, 0.15) is 4.90 Å². The van der Waals surface area contributed by atoms with Crippen molar-refractivity contribution in [1.82, 2.24) is 4.31 Å². The van der Waals surface area contributed by atoms with Crippen molar-refractivity contribution in [2.24, 2.45) is 0 Å². The van der Waals surface area contributed by atoms with Crippen LogP contribution >= 0.6 is 0 Å². The summed E-state index contributed by atoms with van der Waals surface area (Å²) >= 11 is 0. The Hall–Kier alpha value is -1.07. The van der Waals surface area contributed by atoms with Gasteiger partial charge in [-0.2, -0.15) is 4.31 Å². The molecule has 18 heavy (non-hydrogen) atoms. The molecule has 0 amide bonds. The molecule has 0 radical (unpaired) electrons. The van der Waals surface area contributed by atoms with Crippen LogP contribution in [0.3, 0.4) is 0 Å². The second-order valence-electron chi connectivity index (χ2n) is 5.03. The average Bonchev–Trinajstić information content (AvgIpc) is 2.21. The first-order chi connectivity index (χ1) is 8.35. The normalized spacial score (nSPS) is 16.9. The number of rotatable bonds is 3. The Bertz CT molecular complexity index is 563. The summed E-state index contributed by atoms with van der Waals surface area (Å²) in [6.07, 6.45) is 2.99. The van der Waals surface area contributed by atoms with Gasteiger partial charge < -0.3 is 5.73 Å². The number of nitrogens with zero attached hydrogens (tertiary/aromatic N) is 1. The van der Waals surface area contributed by atoms with E-state index < -0.39 is 10.0 Å². The van der Waals surface area contributed by atoms with Gasteiger partial charge in [-0.05, 0) is 43.9 Å². The summed E-state index contributed by atoms with van der Waals surface area (Å²) in [5, 5.41) is 0. The van der Waals surface area contributed by atoms with Gasteiger partial charge in [0, 0.05) is 13.1 Å². The summed E-state index contributed by atoms with van der Waals surface area (Å²) < 4.78 is 26.7. The van der Waals surface area contributed by atoms with Gasteiger partial charge in [0.05, 0.1) is 5.69 Å². The number of hydrogen-bond acceptors (Lipinski definition) is 3. The van der Waals surface area contributed by atoms with Crippen molar-refractivity contribution in [2.75, 3.05) is 12.8 Å². The summed E-state index contributed by atoms with van der Waals surface area (Å²) in [4.78, 5) is 0.275. The third-order valence-electron chi connectivity index (χ3n) is 3.93. The van der Waals surface area contributed by atoms with Crippen molar-refractivity contribution < 1.29 is 8.42 Å². The molecule has 0 bridgehead atoms. The van der Waals surface area contributed by atoms with Gasteiger partial charge in [-0.15, -0.1) is 0 Å². The van der Waals surface area contributed by atoms with Crippen LogP contribution in [0.5, 0.6) is 0 Å². The molecule has 0 unspecified atom stereocenters. The number of anilines is 1. The average molecular weight is 268 g/mol. The third kappa shape index (κ3) is 2.01. The Morgan fingerprint density at radius 3 is 2.39 bits per heavy atom. The lowest BCUT2D eigenvalue weighted by atomic mass is 9.94. The van der Waals surface area contributed by atoms with Gasteiger partial charge in [0.15, 0.2) is 0 Å². The van der Waals surface area contributed by atoms with E-state index in [2.05, 4.69) is 0 Å². The van der Waals surface area contributed by atoms with Crippen LogP contribution in [-0.2, 0) is 10.0 Å². The highest BCUT2D eigenvalue weighted by molar-refractivity contribution is 7.89. The van der Waals surface area contributed by atoms with Gasteiger partial charge in [-0.3, -0.25) is 0 Å². The molecule has 1 aromatic carbocycles. The predicted octanol–water partition coefficient (Wildman–Crippen LogP) is 2.06. The topological polar surface area (TPSA) is 63.4 Å². The molecule has 1 saturated carbocycles. The van der Waals surface area contributed by atoms with Crippen LogP contribution in [0.25, 0.3) is 0 Å². The number of hydrogen-bond donors (Lipinski definition) is 1. The quantitative estimate of drug-likeness (QED) is 0.853. The summed E-state index contributed by atoms with van der Waals surface area (Å²) in [5.74, 6) is 0. The monoisotopic (exact) mass is 268 g/mol. The molecule has 5 heteroatoms. The number of nitrogen functional groups attached to an aromatic ring is 1. The van der Waals surface area contributed by atoms with E-state index in [1.54, 1.807) is 13.1 Å². The smallest absolute Gasteiger partial charge is 0.245 e. The van der Waals surface area contributed by atoms with Crippen molar-refractivity contribution >= 4 is 15.7 Å². The number of nitrogens with two attached hydrogens (primary N) is 1. The Morgan fingerprint density at radius 1 is 1.28 bits per heavy atom. The molecule has 1 aromatic rings. The Balaban J connectivity index is 2.50. The Labute approximate surface area is 109 Å². The first-order valence-electron chi connectivity index (χ1n) is 6.19. The fraction of sp³-hybridized carbons (Fsp3) is 0.538. The minimum atomic E-state index is -3.47. The van der Waals surface area contributed by atoms with Crippen LogP contribution in [0, 0.1) is 13.8 Å². The van der Waals surface area contributed by atoms with Crippen molar-refractivity contribution in [2.45, 2.75) is 44.0 Å². The molecule has 0 aromatic heterocycles. The number of aryl methyl sites for hydroxylation is 1. The van der Waals surface area contributed by atoms with Crippen molar-refractivity contribution in [3.8, 4) is 0 Å². The molecule has 4 nitrogen and oxygen atoms in total. The zero-order chi connectivity index (χ0) is 13.5. The standard InChI is InChI=1S/C13H20N2O2S/c1-9-7-8-12(14)13(10(9)2)18(16,17)15(3)11-5-4-6-11/h7-8,11H,4-6,14H2,1-3H3. The van der Waals surface area contributed by atoms with Gasteiger partial charge in [-0.1, -0.05) is 12.5 Å². The molecule has 1 aliphatic rings. The number of sulfonamides is 1. The Kier molecular flexibility index (Phi) is 3.38. The molecule has 0 saturated heterocycles. The van der Waals surface area contributed by atoms with Crippen LogP contribution < -0.4 is 5.73 Å². The molecule has 0 atom stereocenters. The lowest BCUT2D eigenvalue weighted by Gasteiger charge is -2.34.